The van der Waals surface area contributed by atoms with Crippen molar-refractivity contribution in [1.82, 2.24) is 10.2 Å². The first kappa shape index (κ1) is 20.8. The van der Waals surface area contributed by atoms with Crippen molar-refractivity contribution in [1.29, 1.82) is 0 Å². The van der Waals surface area contributed by atoms with Gasteiger partial charge in [0.25, 0.3) is 0 Å². The molecule has 0 bridgehead atoms. The fourth-order valence-corrected chi connectivity index (χ4v) is 3.14. The van der Waals surface area contributed by atoms with Gasteiger partial charge in [0.05, 0.1) is 15.7 Å². The fourth-order valence-electron chi connectivity index (χ4n) is 1.17. The van der Waals surface area contributed by atoms with Crippen LogP contribution in [0.15, 0.2) is 33.5 Å². The molecule has 0 aliphatic rings. The number of aromatic nitrogens is 2. The molecular weight excluding hydrogens is 343 g/mol. The second kappa shape index (κ2) is 9.09. The van der Waals surface area contributed by atoms with Crippen LogP contribution in [-0.4, -0.2) is 33.6 Å². The van der Waals surface area contributed by atoms with E-state index in [0.717, 1.165) is 10.6 Å². The monoisotopic (exact) mass is 356 g/mol. The number of hydrogen-bond acceptors (Lipinski definition) is 7. The molecule has 0 fully saturated rings. The molecule has 0 N–H and O–H groups in total. The van der Waals surface area contributed by atoms with Crippen molar-refractivity contribution in [2.75, 3.05) is 6.26 Å². The van der Waals surface area contributed by atoms with Gasteiger partial charge in [0.1, 0.15) is 15.1 Å². The van der Waals surface area contributed by atoms with Crippen molar-refractivity contribution >= 4 is 32.3 Å². The predicted octanol–water partition coefficient (Wildman–Crippen LogP) is -1.51. The van der Waals surface area contributed by atoms with Gasteiger partial charge in [0.15, 0.2) is 0 Å². The Morgan fingerprint density at radius 3 is 2.14 bits per heavy atom. The van der Waals surface area contributed by atoms with E-state index in [4.69, 9.17) is 0 Å². The Balaban J connectivity index is 0.000000370. The summed E-state index contributed by atoms with van der Waals surface area (Å²) in [6, 6.07) is 5.91. The largest absolute Gasteiger partial charge is 1.00 e. The molecular formula is C11H13N2NaO4S3. The third-order valence-corrected chi connectivity index (χ3v) is 5.02. The van der Waals surface area contributed by atoms with Crippen molar-refractivity contribution in [2.24, 2.45) is 0 Å². The molecule has 1 aromatic heterocycles. The molecule has 1 atom stereocenters. The van der Waals surface area contributed by atoms with E-state index in [9.17, 15) is 17.2 Å². The zero-order chi connectivity index (χ0) is 15.3. The first-order chi connectivity index (χ1) is 9.20. The van der Waals surface area contributed by atoms with E-state index in [0.29, 0.717) is 4.34 Å². The standard InChI is InChI=1S/C7H8O3S.C4H6N2OS2.Na/c1-6-3-2-4-7(5-6)11(8,9)10;1-3-5-6-4(8-3)9(2)7;/h2-5H,1H3,(H,8,9,10);1-2H3;/q;;+1/p-1. The van der Waals surface area contributed by atoms with E-state index in [2.05, 4.69) is 10.2 Å². The first-order valence-electron chi connectivity index (χ1n) is 5.36. The van der Waals surface area contributed by atoms with Crippen molar-refractivity contribution < 1.29 is 46.7 Å². The molecule has 2 aromatic rings. The second-order valence-electron chi connectivity index (χ2n) is 3.81. The summed E-state index contributed by atoms with van der Waals surface area (Å²) in [4.78, 5) is -0.169. The summed E-state index contributed by atoms with van der Waals surface area (Å²) in [5.74, 6) is 0. The Morgan fingerprint density at radius 1 is 1.24 bits per heavy atom. The molecule has 0 radical (unpaired) electrons. The third-order valence-electron chi connectivity index (χ3n) is 2.03. The van der Waals surface area contributed by atoms with E-state index in [1.54, 1.807) is 25.3 Å². The fraction of sp³-hybridized carbons (Fsp3) is 0.273. The molecule has 21 heavy (non-hydrogen) atoms. The van der Waals surface area contributed by atoms with Crippen LogP contribution in [0, 0.1) is 13.8 Å². The van der Waals surface area contributed by atoms with Crippen molar-refractivity contribution in [3.63, 3.8) is 0 Å². The van der Waals surface area contributed by atoms with Crippen LogP contribution in [0.25, 0.3) is 0 Å². The number of aryl methyl sites for hydroxylation is 2. The Morgan fingerprint density at radius 2 is 1.86 bits per heavy atom. The summed E-state index contributed by atoms with van der Waals surface area (Å²) in [6.07, 6.45) is 1.60. The number of benzene rings is 1. The first-order valence-corrected chi connectivity index (χ1v) is 9.14. The SMILES string of the molecule is Cc1cccc(S(=O)(=O)[O-])c1.Cc1nnc(S(C)=O)s1.[Na+]. The summed E-state index contributed by atoms with van der Waals surface area (Å²) in [6.45, 7) is 3.57. The van der Waals surface area contributed by atoms with Crippen LogP contribution < -0.4 is 29.6 Å². The Kier molecular flexibility index (Phi) is 9.02. The smallest absolute Gasteiger partial charge is 0.744 e. The van der Waals surface area contributed by atoms with Gasteiger partial charge in [0, 0.05) is 6.26 Å². The van der Waals surface area contributed by atoms with Gasteiger partial charge in [0.2, 0.25) is 4.34 Å². The molecule has 1 unspecified atom stereocenters. The average Bonchev–Trinajstić information content (AvgIpc) is 2.76. The second-order valence-corrected chi connectivity index (χ2v) is 7.93. The summed E-state index contributed by atoms with van der Waals surface area (Å²) < 4.78 is 42.6. The van der Waals surface area contributed by atoms with Gasteiger partial charge < -0.3 is 4.55 Å². The zero-order valence-electron chi connectivity index (χ0n) is 12.1. The van der Waals surface area contributed by atoms with Crippen LogP contribution in [0.1, 0.15) is 10.6 Å². The third kappa shape index (κ3) is 7.59. The quantitative estimate of drug-likeness (QED) is 0.479. The molecule has 0 saturated heterocycles. The van der Waals surface area contributed by atoms with Crippen LogP contribution in [-0.2, 0) is 20.9 Å². The topological polar surface area (TPSA) is 100 Å². The maximum absolute atomic E-state index is 10.7. The van der Waals surface area contributed by atoms with Crippen molar-refractivity contribution in [3.8, 4) is 0 Å². The van der Waals surface area contributed by atoms with E-state index < -0.39 is 20.9 Å². The van der Waals surface area contributed by atoms with Gasteiger partial charge >= 0.3 is 29.6 Å². The van der Waals surface area contributed by atoms with E-state index in [-0.39, 0.29) is 34.5 Å². The average molecular weight is 356 g/mol. The van der Waals surface area contributed by atoms with Crippen LogP contribution in [0.3, 0.4) is 0 Å². The van der Waals surface area contributed by atoms with Gasteiger partial charge in [-0.05, 0) is 31.5 Å². The molecule has 0 spiro atoms. The Hall–Kier alpha value is -0.160. The van der Waals surface area contributed by atoms with Gasteiger partial charge in [-0.2, -0.15) is 0 Å². The summed E-state index contributed by atoms with van der Waals surface area (Å²) in [7, 11) is -5.24. The number of nitrogens with zero attached hydrogens (tertiary/aromatic N) is 2. The van der Waals surface area contributed by atoms with Gasteiger partial charge in [-0.3, -0.25) is 4.21 Å². The zero-order valence-corrected chi connectivity index (χ0v) is 16.5. The van der Waals surface area contributed by atoms with E-state index in [1.165, 1.54) is 23.5 Å². The Labute approximate surface area is 152 Å². The minimum absolute atomic E-state index is 0. The van der Waals surface area contributed by atoms with Gasteiger partial charge in [-0.15, -0.1) is 10.2 Å². The predicted molar refractivity (Wildman–Crippen MR) is 76.1 cm³/mol. The minimum atomic E-state index is -4.28. The van der Waals surface area contributed by atoms with Gasteiger partial charge in [-0.1, -0.05) is 23.5 Å². The minimum Gasteiger partial charge on any atom is -0.744 e. The van der Waals surface area contributed by atoms with Crippen LogP contribution in [0.2, 0.25) is 0 Å². The summed E-state index contributed by atoms with van der Waals surface area (Å²) >= 11 is 1.37. The number of hydrogen-bond donors (Lipinski definition) is 0. The maximum atomic E-state index is 10.7. The molecule has 0 aliphatic carbocycles. The molecule has 110 valence electrons. The van der Waals surface area contributed by atoms with Crippen molar-refractivity contribution in [2.45, 2.75) is 23.1 Å². The van der Waals surface area contributed by atoms with Gasteiger partial charge in [-0.25, -0.2) is 8.42 Å². The normalized spacial score (nSPS) is 11.8. The summed E-state index contributed by atoms with van der Waals surface area (Å²) in [5, 5.41) is 8.26. The van der Waals surface area contributed by atoms with E-state index in [1.807, 2.05) is 6.92 Å². The van der Waals surface area contributed by atoms with Crippen LogP contribution in [0.5, 0.6) is 0 Å². The molecule has 1 heterocycles. The maximum Gasteiger partial charge on any atom is 1.00 e. The van der Waals surface area contributed by atoms with Crippen LogP contribution in [0.4, 0.5) is 0 Å². The molecule has 6 nitrogen and oxygen atoms in total. The van der Waals surface area contributed by atoms with E-state index >= 15 is 0 Å². The molecule has 2 rings (SSSR count). The summed E-state index contributed by atoms with van der Waals surface area (Å²) in [5.41, 5.74) is 0.766. The number of rotatable bonds is 2. The van der Waals surface area contributed by atoms with Crippen LogP contribution >= 0.6 is 11.3 Å². The molecule has 10 heteroatoms. The molecule has 1 aromatic carbocycles. The van der Waals surface area contributed by atoms with Crippen molar-refractivity contribution in [3.05, 3.63) is 34.8 Å². The Bertz CT molecular complexity index is 716. The molecule has 0 amide bonds. The molecule has 0 aliphatic heterocycles. The molecule has 0 saturated carbocycles.